The van der Waals surface area contributed by atoms with Gasteiger partial charge >= 0.3 is 0 Å². The number of benzene rings is 1. The molecule has 5 nitrogen and oxygen atoms in total. The zero-order valence-corrected chi connectivity index (χ0v) is 14.1. The third-order valence-corrected chi connectivity index (χ3v) is 5.24. The summed E-state index contributed by atoms with van der Waals surface area (Å²) in [5, 5.41) is 3.57. The lowest BCUT2D eigenvalue weighted by molar-refractivity contribution is -0.120. The molecule has 2 atom stereocenters. The fraction of sp³-hybridized carbons (Fsp3) is 0.353. The van der Waals surface area contributed by atoms with Crippen LogP contribution in [0.4, 0.5) is 5.95 Å². The standard InChI is InChI=1S/C17H20N4OS/c1-3-19-15(22)13-9-12-14(20-17(18)21-16(12)23-13)10(2)11-7-5-4-6-8-11/h4-8,10,13H,3,9H2,1-2H3,(H,19,22)(H2,18,20,21). The van der Waals surface area contributed by atoms with E-state index >= 15 is 0 Å². The van der Waals surface area contributed by atoms with Crippen LogP contribution in [0.25, 0.3) is 0 Å². The second-order valence-corrected chi connectivity index (χ2v) is 6.78. The van der Waals surface area contributed by atoms with E-state index in [1.54, 1.807) is 0 Å². The van der Waals surface area contributed by atoms with Gasteiger partial charge in [0.25, 0.3) is 0 Å². The molecule has 2 aromatic rings. The van der Waals surface area contributed by atoms with Gasteiger partial charge in [0.05, 0.1) is 10.9 Å². The molecule has 1 aromatic heterocycles. The SMILES string of the molecule is CCNC(=O)C1Cc2c(nc(N)nc2C(C)c2ccccc2)S1. The number of anilines is 1. The molecule has 2 heterocycles. The topological polar surface area (TPSA) is 80.9 Å². The van der Waals surface area contributed by atoms with E-state index in [1.165, 1.54) is 17.3 Å². The molecule has 23 heavy (non-hydrogen) atoms. The number of hydrogen-bond acceptors (Lipinski definition) is 5. The minimum Gasteiger partial charge on any atom is -0.368 e. The molecule has 0 saturated carbocycles. The van der Waals surface area contributed by atoms with Crippen molar-refractivity contribution in [3.05, 3.63) is 47.2 Å². The van der Waals surface area contributed by atoms with Crippen molar-refractivity contribution < 1.29 is 4.79 Å². The fourth-order valence-corrected chi connectivity index (χ4v) is 4.03. The first kappa shape index (κ1) is 15.8. The van der Waals surface area contributed by atoms with Gasteiger partial charge in [-0.2, -0.15) is 0 Å². The maximum atomic E-state index is 12.1. The number of carbonyl (C=O) groups is 1. The predicted molar refractivity (Wildman–Crippen MR) is 92.4 cm³/mol. The average Bonchev–Trinajstić information content (AvgIpc) is 2.98. The van der Waals surface area contributed by atoms with Crippen LogP contribution in [0.15, 0.2) is 35.4 Å². The van der Waals surface area contributed by atoms with Crippen molar-refractivity contribution in [1.29, 1.82) is 0 Å². The Morgan fingerprint density at radius 3 is 2.83 bits per heavy atom. The third-order valence-electron chi connectivity index (χ3n) is 4.02. The molecule has 120 valence electrons. The van der Waals surface area contributed by atoms with E-state index in [1.807, 2.05) is 25.1 Å². The van der Waals surface area contributed by atoms with Crippen LogP contribution in [0.5, 0.6) is 0 Å². The number of fused-ring (bicyclic) bond motifs is 1. The molecular weight excluding hydrogens is 308 g/mol. The molecule has 0 aliphatic carbocycles. The summed E-state index contributed by atoms with van der Waals surface area (Å²) in [4.78, 5) is 21.0. The lowest BCUT2D eigenvalue weighted by atomic mass is 9.93. The highest BCUT2D eigenvalue weighted by Crippen LogP contribution is 2.40. The van der Waals surface area contributed by atoms with Crippen LogP contribution in [0.1, 0.15) is 36.6 Å². The van der Waals surface area contributed by atoms with Crippen LogP contribution in [0, 0.1) is 0 Å². The number of thioether (sulfide) groups is 1. The van der Waals surface area contributed by atoms with E-state index in [0.717, 1.165) is 16.3 Å². The number of nitrogen functional groups attached to an aromatic ring is 1. The molecule has 3 rings (SSSR count). The number of nitrogens with one attached hydrogen (secondary N) is 1. The molecule has 1 aliphatic heterocycles. The summed E-state index contributed by atoms with van der Waals surface area (Å²) in [5.41, 5.74) is 9.05. The van der Waals surface area contributed by atoms with Gasteiger partial charge in [0, 0.05) is 18.0 Å². The van der Waals surface area contributed by atoms with E-state index in [-0.39, 0.29) is 23.0 Å². The summed E-state index contributed by atoms with van der Waals surface area (Å²) in [6, 6.07) is 10.2. The summed E-state index contributed by atoms with van der Waals surface area (Å²) in [7, 11) is 0. The number of amides is 1. The Balaban J connectivity index is 1.94. The molecule has 1 amide bonds. The smallest absolute Gasteiger partial charge is 0.233 e. The van der Waals surface area contributed by atoms with Crippen molar-refractivity contribution in [1.82, 2.24) is 15.3 Å². The van der Waals surface area contributed by atoms with Crippen LogP contribution in [-0.4, -0.2) is 27.7 Å². The summed E-state index contributed by atoms with van der Waals surface area (Å²) >= 11 is 1.48. The molecule has 0 radical (unpaired) electrons. The molecule has 2 unspecified atom stereocenters. The number of nitrogens with zero attached hydrogens (tertiary/aromatic N) is 2. The minimum absolute atomic E-state index is 0.0485. The highest BCUT2D eigenvalue weighted by Gasteiger charge is 2.33. The van der Waals surface area contributed by atoms with Crippen molar-refractivity contribution in [3.63, 3.8) is 0 Å². The quantitative estimate of drug-likeness (QED) is 0.842. The Bertz CT molecular complexity index is 720. The fourth-order valence-electron chi connectivity index (χ4n) is 2.84. The second kappa shape index (κ2) is 6.58. The van der Waals surface area contributed by atoms with Crippen LogP contribution in [-0.2, 0) is 11.2 Å². The zero-order chi connectivity index (χ0) is 16.4. The molecule has 1 aliphatic rings. The number of aromatic nitrogens is 2. The first-order valence-electron chi connectivity index (χ1n) is 7.75. The largest absolute Gasteiger partial charge is 0.368 e. The van der Waals surface area contributed by atoms with Crippen LogP contribution >= 0.6 is 11.8 Å². The molecule has 6 heteroatoms. The highest BCUT2D eigenvalue weighted by molar-refractivity contribution is 8.00. The average molecular weight is 328 g/mol. The van der Waals surface area contributed by atoms with Crippen LogP contribution < -0.4 is 11.1 Å². The lowest BCUT2D eigenvalue weighted by Gasteiger charge is -2.15. The normalized spacial score (nSPS) is 17.6. The van der Waals surface area contributed by atoms with Gasteiger partial charge in [0.1, 0.15) is 5.03 Å². The van der Waals surface area contributed by atoms with Gasteiger partial charge in [-0.25, -0.2) is 9.97 Å². The maximum absolute atomic E-state index is 12.1. The van der Waals surface area contributed by atoms with E-state index in [2.05, 4.69) is 34.3 Å². The van der Waals surface area contributed by atoms with Crippen molar-refractivity contribution in [2.45, 2.75) is 36.5 Å². The summed E-state index contributed by atoms with van der Waals surface area (Å²) in [5.74, 6) is 0.432. The number of nitrogens with two attached hydrogens (primary N) is 1. The Hall–Kier alpha value is -2.08. The van der Waals surface area contributed by atoms with Crippen molar-refractivity contribution in [3.8, 4) is 0 Å². The van der Waals surface area contributed by atoms with Gasteiger partial charge in [0.15, 0.2) is 0 Å². The Morgan fingerprint density at radius 2 is 2.13 bits per heavy atom. The Kier molecular flexibility index (Phi) is 4.52. The summed E-state index contributed by atoms with van der Waals surface area (Å²) in [6.45, 7) is 4.67. The van der Waals surface area contributed by atoms with E-state index in [0.29, 0.717) is 13.0 Å². The third kappa shape index (κ3) is 3.17. The van der Waals surface area contributed by atoms with Gasteiger partial charge in [-0.1, -0.05) is 49.0 Å². The van der Waals surface area contributed by atoms with Gasteiger partial charge < -0.3 is 11.1 Å². The molecule has 0 saturated heterocycles. The second-order valence-electron chi connectivity index (χ2n) is 5.59. The molecule has 1 aromatic carbocycles. The van der Waals surface area contributed by atoms with Crippen molar-refractivity contribution in [2.24, 2.45) is 0 Å². The molecule has 0 bridgehead atoms. The Labute approximate surface area is 140 Å². The van der Waals surface area contributed by atoms with Gasteiger partial charge in [-0.3, -0.25) is 4.79 Å². The van der Waals surface area contributed by atoms with Crippen molar-refractivity contribution in [2.75, 3.05) is 12.3 Å². The molecular formula is C17H20N4OS. The van der Waals surface area contributed by atoms with E-state index in [9.17, 15) is 4.79 Å². The van der Waals surface area contributed by atoms with Gasteiger partial charge in [-0.05, 0) is 18.9 Å². The highest BCUT2D eigenvalue weighted by atomic mass is 32.2. The lowest BCUT2D eigenvalue weighted by Crippen LogP contribution is -2.32. The Morgan fingerprint density at radius 1 is 1.39 bits per heavy atom. The zero-order valence-electron chi connectivity index (χ0n) is 13.2. The predicted octanol–water partition coefficient (Wildman–Crippen LogP) is 2.36. The first-order chi connectivity index (χ1) is 11.1. The number of hydrogen-bond donors (Lipinski definition) is 2. The number of rotatable bonds is 4. The molecule has 3 N–H and O–H groups in total. The summed E-state index contributed by atoms with van der Waals surface area (Å²) in [6.07, 6.45) is 0.651. The molecule has 0 spiro atoms. The van der Waals surface area contributed by atoms with E-state index in [4.69, 9.17) is 5.73 Å². The van der Waals surface area contributed by atoms with Gasteiger partial charge in [-0.15, -0.1) is 0 Å². The molecule has 0 fully saturated rings. The van der Waals surface area contributed by atoms with E-state index < -0.39 is 0 Å². The minimum atomic E-state index is -0.150. The van der Waals surface area contributed by atoms with Crippen LogP contribution in [0.2, 0.25) is 0 Å². The maximum Gasteiger partial charge on any atom is 0.233 e. The monoisotopic (exact) mass is 328 g/mol. The van der Waals surface area contributed by atoms with Crippen molar-refractivity contribution >= 4 is 23.6 Å². The summed E-state index contributed by atoms with van der Waals surface area (Å²) < 4.78 is 0. The van der Waals surface area contributed by atoms with Gasteiger partial charge in [0.2, 0.25) is 11.9 Å². The van der Waals surface area contributed by atoms with Crippen LogP contribution in [0.3, 0.4) is 0 Å². The first-order valence-corrected chi connectivity index (χ1v) is 8.63. The number of carbonyl (C=O) groups excluding carboxylic acids is 1.